The molecule has 0 radical (unpaired) electrons. The van der Waals surface area contributed by atoms with Crippen LogP contribution in [0.15, 0.2) is 48.5 Å². The third-order valence-electron chi connectivity index (χ3n) is 3.33. The lowest BCUT2D eigenvalue weighted by Gasteiger charge is -2.10. The summed E-state index contributed by atoms with van der Waals surface area (Å²) < 4.78 is 0. The van der Waals surface area contributed by atoms with Crippen molar-refractivity contribution in [2.45, 2.75) is 13.3 Å². The SMILES string of the molecule is C[C@@H](Cc1cc(C(=O)c2ccccc2)ccc1O)C(=O)O. The number of hydrogen-bond donors (Lipinski definition) is 2. The van der Waals surface area contributed by atoms with Gasteiger partial charge in [-0.2, -0.15) is 0 Å². The van der Waals surface area contributed by atoms with Gasteiger partial charge >= 0.3 is 5.97 Å². The topological polar surface area (TPSA) is 74.6 Å². The summed E-state index contributed by atoms with van der Waals surface area (Å²) in [6.45, 7) is 1.56. The van der Waals surface area contributed by atoms with Gasteiger partial charge in [0, 0.05) is 11.1 Å². The van der Waals surface area contributed by atoms with E-state index in [-0.39, 0.29) is 18.0 Å². The largest absolute Gasteiger partial charge is 0.508 e. The van der Waals surface area contributed by atoms with E-state index in [1.807, 2.05) is 6.07 Å². The molecule has 2 aromatic rings. The van der Waals surface area contributed by atoms with Crippen molar-refractivity contribution in [2.24, 2.45) is 5.92 Å². The van der Waals surface area contributed by atoms with E-state index in [2.05, 4.69) is 0 Å². The van der Waals surface area contributed by atoms with Crippen molar-refractivity contribution in [2.75, 3.05) is 0 Å². The highest BCUT2D eigenvalue weighted by Gasteiger charge is 2.16. The van der Waals surface area contributed by atoms with Gasteiger partial charge in [-0.3, -0.25) is 9.59 Å². The molecule has 0 aliphatic carbocycles. The molecule has 0 amide bonds. The Labute approximate surface area is 122 Å². The van der Waals surface area contributed by atoms with Crippen LogP contribution in [-0.2, 0) is 11.2 Å². The molecule has 2 aromatic carbocycles. The number of carboxylic acid groups (broad SMARTS) is 1. The van der Waals surface area contributed by atoms with Gasteiger partial charge < -0.3 is 10.2 Å². The zero-order chi connectivity index (χ0) is 15.4. The van der Waals surface area contributed by atoms with Crippen LogP contribution in [0, 0.1) is 5.92 Å². The molecule has 0 aliphatic heterocycles. The molecule has 2 rings (SSSR count). The van der Waals surface area contributed by atoms with Crippen molar-refractivity contribution >= 4 is 11.8 Å². The average Bonchev–Trinajstić information content (AvgIpc) is 2.49. The summed E-state index contributed by atoms with van der Waals surface area (Å²) in [6.07, 6.45) is 0.178. The van der Waals surface area contributed by atoms with E-state index in [0.717, 1.165) is 0 Å². The van der Waals surface area contributed by atoms with Crippen LogP contribution in [-0.4, -0.2) is 22.0 Å². The van der Waals surface area contributed by atoms with Crippen molar-refractivity contribution in [3.05, 3.63) is 65.2 Å². The third-order valence-corrected chi connectivity index (χ3v) is 3.33. The predicted molar refractivity (Wildman–Crippen MR) is 78.5 cm³/mol. The molecule has 0 aliphatic rings. The molecular weight excluding hydrogens is 268 g/mol. The van der Waals surface area contributed by atoms with E-state index in [1.54, 1.807) is 43.3 Å². The molecule has 4 heteroatoms. The number of benzene rings is 2. The number of hydrogen-bond acceptors (Lipinski definition) is 3. The Morgan fingerprint density at radius 1 is 1.05 bits per heavy atom. The summed E-state index contributed by atoms with van der Waals surface area (Å²) in [7, 11) is 0. The molecule has 0 fully saturated rings. The maximum absolute atomic E-state index is 12.3. The first-order valence-electron chi connectivity index (χ1n) is 6.63. The van der Waals surface area contributed by atoms with Crippen LogP contribution >= 0.6 is 0 Å². The Balaban J connectivity index is 2.30. The van der Waals surface area contributed by atoms with Crippen LogP contribution in [0.5, 0.6) is 5.75 Å². The minimum atomic E-state index is -0.936. The molecule has 0 saturated carbocycles. The van der Waals surface area contributed by atoms with Gasteiger partial charge in [-0.15, -0.1) is 0 Å². The van der Waals surface area contributed by atoms with E-state index < -0.39 is 11.9 Å². The van der Waals surface area contributed by atoms with Gasteiger partial charge in [0.2, 0.25) is 0 Å². The van der Waals surface area contributed by atoms with Crippen LogP contribution in [0.2, 0.25) is 0 Å². The van der Waals surface area contributed by atoms with Gasteiger partial charge in [-0.1, -0.05) is 37.3 Å². The van der Waals surface area contributed by atoms with Gasteiger partial charge in [-0.05, 0) is 30.2 Å². The Morgan fingerprint density at radius 3 is 2.33 bits per heavy atom. The van der Waals surface area contributed by atoms with Crippen LogP contribution in [0.3, 0.4) is 0 Å². The van der Waals surface area contributed by atoms with E-state index >= 15 is 0 Å². The van der Waals surface area contributed by atoms with Crippen LogP contribution < -0.4 is 0 Å². The molecule has 0 unspecified atom stereocenters. The molecule has 4 nitrogen and oxygen atoms in total. The highest BCUT2D eigenvalue weighted by molar-refractivity contribution is 6.09. The van der Waals surface area contributed by atoms with Crippen molar-refractivity contribution < 1.29 is 19.8 Å². The summed E-state index contributed by atoms with van der Waals surface area (Å²) in [6, 6.07) is 13.4. The second-order valence-electron chi connectivity index (χ2n) is 4.98. The minimum Gasteiger partial charge on any atom is -0.508 e. The summed E-state index contributed by atoms with van der Waals surface area (Å²) in [4.78, 5) is 23.2. The second-order valence-corrected chi connectivity index (χ2v) is 4.98. The highest BCUT2D eigenvalue weighted by Crippen LogP contribution is 2.23. The normalized spacial score (nSPS) is 11.9. The number of carbonyl (C=O) groups excluding carboxylic acids is 1. The van der Waals surface area contributed by atoms with E-state index in [9.17, 15) is 14.7 Å². The first-order chi connectivity index (χ1) is 9.99. The highest BCUT2D eigenvalue weighted by atomic mass is 16.4. The molecule has 0 saturated heterocycles. The Bertz CT molecular complexity index is 662. The van der Waals surface area contributed by atoms with Gasteiger partial charge in [0.15, 0.2) is 5.78 Å². The molecule has 0 aromatic heterocycles. The number of carboxylic acids is 1. The van der Waals surface area contributed by atoms with Crippen LogP contribution in [0.25, 0.3) is 0 Å². The molecule has 1 atom stereocenters. The number of phenolic OH excluding ortho intramolecular Hbond substituents is 1. The lowest BCUT2D eigenvalue weighted by atomic mass is 9.96. The van der Waals surface area contributed by atoms with Crippen LogP contribution in [0.4, 0.5) is 0 Å². The fourth-order valence-corrected chi connectivity index (χ4v) is 2.06. The number of aliphatic carboxylic acids is 1. The molecule has 0 spiro atoms. The summed E-state index contributed by atoms with van der Waals surface area (Å²) in [5, 5.41) is 18.8. The number of rotatable bonds is 5. The Kier molecular flexibility index (Phi) is 4.38. The zero-order valence-corrected chi connectivity index (χ0v) is 11.6. The molecule has 21 heavy (non-hydrogen) atoms. The van der Waals surface area contributed by atoms with Crippen molar-refractivity contribution in [3.63, 3.8) is 0 Å². The van der Waals surface area contributed by atoms with Gasteiger partial charge in [0.05, 0.1) is 5.92 Å². The van der Waals surface area contributed by atoms with Crippen LogP contribution in [0.1, 0.15) is 28.4 Å². The van der Waals surface area contributed by atoms with Crippen molar-refractivity contribution in [3.8, 4) is 5.75 Å². The average molecular weight is 284 g/mol. The maximum Gasteiger partial charge on any atom is 0.306 e. The monoisotopic (exact) mass is 284 g/mol. The minimum absolute atomic E-state index is 0.00714. The predicted octanol–water partition coefficient (Wildman–Crippen LogP) is 2.89. The maximum atomic E-state index is 12.3. The van der Waals surface area contributed by atoms with Gasteiger partial charge in [0.1, 0.15) is 5.75 Å². The summed E-state index contributed by atoms with van der Waals surface area (Å²) >= 11 is 0. The van der Waals surface area contributed by atoms with E-state index in [1.165, 1.54) is 6.07 Å². The standard InChI is InChI=1S/C17H16O4/c1-11(17(20)21)9-14-10-13(7-8-15(14)18)16(19)12-5-3-2-4-6-12/h2-8,10-11,18H,9H2,1H3,(H,20,21)/t11-/m0/s1. The first kappa shape index (κ1) is 14.8. The number of ketones is 1. The quantitative estimate of drug-likeness (QED) is 0.828. The van der Waals surface area contributed by atoms with Gasteiger partial charge in [0.25, 0.3) is 0 Å². The molecule has 108 valence electrons. The number of phenols is 1. The first-order valence-corrected chi connectivity index (χ1v) is 6.63. The molecule has 0 bridgehead atoms. The lowest BCUT2D eigenvalue weighted by molar-refractivity contribution is -0.141. The van der Waals surface area contributed by atoms with E-state index in [0.29, 0.717) is 16.7 Å². The Morgan fingerprint density at radius 2 is 1.71 bits per heavy atom. The smallest absolute Gasteiger partial charge is 0.306 e. The fourth-order valence-electron chi connectivity index (χ4n) is 2.06. The number of aromatic hydroxyl groups is 1. The van der Waals surface area contributed by atoms with Crippen molar-refractivity contribution in [1.82, 2.24) is 0 Å². The third kappa shape index (κ3) is 3.48. The lowest BCUT2D eigenvalue weighted by Crippen LogP contribution is -2.13. The van der Waals surface area contributed by atoms with Gasteiger partial charge in [-0.25, -0.2) is 0 Å². The Hall–Kier alpha value is -2.62. The van der Waals surface area contributed by atoms with Crippen molar-refractivity contribution in [1.29, 1.82) is 0 Å². The molecule has 0 heterocycles. The number of carbonyl (C=O) groups is 2. The fraction of sp³-hybridized carbons (Fsp3) is 0.176. The second kappa shape index (κ2) is 6.22. The molecular formula is C17H16O4. The summed E-state index contributed by atoms with van der Waals surface area (Å²) in [5.74, 6) is -1.71. The van der Waals surface area contributed by atoms with E-state index in [4.69, 9.17) is 5.11 Å². The zero-order valence-electron chi connectivity index (χ0n) is 11.6. The summed E-state index contributed by atoms with van der Waals surface area (Å²) in [5.41, 5.74) is 1.46. The molecule has 2 N–H and O–H groups in total.